The molecule has 1 saturated carbocycles. The molecular formula is C14H18O2. The lowest BCUT2D eigenvalue weighted by molar-refractivity contribution is -0.117. The fraction of sp³-hybridized carbons (Fsp3) is 0.500. The molecule has 1 aromatic carbocycles. The molecule has 1 unspecified atom stereocenters. The van der Waals surface area contributed by atoms with Gasteiger partial charge in [0, 0.05) is 12.8 Å². The van der Waals surface area contributed by atoms with Gasteiger partial charge >= 0.3 is 0 Å². The van der Waals surface area contributed by atoms with E-state index in [1.165, 1.54) is 5.56 Å². The van der Waals surface area contributed by atoms with Crippen molar-refractivity contribution in [1.29, 1.82) is 0 Å². The summed E-state index contributed by atoms with van der Waals surface area (Å²) in [5, 5.41) is 0. The van der Waals surface area contributed by atoms with E-state index < -0.39 is 0 Å². The molecule has 0 N–H and O–H groups in total. The summed E-state index contributed by atoms with van der Waals surface area (Å²) in [5.41, 5.74) is 1.34. The van der Waals surface area contributed by atoms with Crippen molar-refractivity contribution in [3.63, 3.8) is 0 Å². The molecular weight excluding hydrogens is 200 g/mol. The molecule has 1 atom stereocenters. The molecule has 0 saturated heterocycles. The molecule has 16 heavy (non-hydrogen) atoms. The number of hydrogen-bond donors (Lipinski definition) is 0. The van der Waals surface area contributed by atoms with Crippen molar-refractivity contribution in [3.05, 3.63) is 29.8 Å². The molecule has 1 aromatic rings. The molecule has 0 aromatic heterocycles. The Labute approximate surface area is 96.6 Å². The molecule has 0 bridgehead atoms. The molecule has 0 amide bonds. The summed E-state index contributed by atoms with van der Waals surface area (Å²) in [7, 11) is 0. The first-order valence-corrected chi connectivity index (χ1v) is 6.05. The van der Waals surface area contributed by atoms with E-state index in [1.807, 2.05) is 12.1 Å². The Morgan fingerprint density at radius 2 is 2.06 bits per heavy atom. The highest BCUT2D eigenvalue weighted by Crippen LogP contribution is 2.22. The largest absolute Gasteiger partial charge is 0.490 e. The van der Waals surface area contributed by atoms with Crippen molar-refractivity contribution in [2.75, 3.05) is 0 Å². The van der Waals surface area contributed by atoms with E-state index in [1.54, 1.807) is 0 Å². The molecule has 1 aliphatic rings. The van der Waals surface area contributed by atoms with Gasteiger partial charge in [-0.3, -0.25) is 4.79 Å². The summed E-state index contributed by atoms with van der Waals surface area (Å²) in [6, 6.07) is 8.23. The predicted octanol–water partition coefficient (Wildman–Crippen LogP) is 3.14. The van der Waals surface area contributed by atoms with Gasteiger partial charge in [-0.25, -0.2) is 0 Å². The fourth-order valence-electron chi connectivity index (χ4n) is 2.10. The molecule has 1 aliphatic carbocycles. The summed E-state index contributed by atoms with van der Waals surface area (Å²) < 4.78 is 5.76. The molecule has 1 fully saturated rings. The summed E-state index contributed by atoms with van der Waals surface area (Å²) in [6.45, 7) is 2.18. The Kier molecular flexibility index (Phi) is 3.60. The van der Waals surface area contributed by atoms with Crippen molar-refractivity contribution < 1.29 is 9.53 Å². The Balaban J connectivity index is 1.92. The van der Waals surface area contributed by atoms with E-state index in [0.29, 0.717) is 18.6 Å². The third kappa shape index (κ3) is 2.84. The number of ether oxygens (including phenoxy) is 1. The maximum absolute atomic E-state index is 11.1. The van der Waals surface area contributed by atoms with Crippen LogP contribution in [0.5, 0.6) is 5.75 Å². The lowest BCUT2D eigenvalue weighted by Crippen LogP contribution is -2.11. The van der Waals surface area contributed by atoms with Crippen LogP contribution in [0.1, 0.15) is 38.2 Å². The topological polar surface area (TPSA) is 26.3 Å². The number of aryl methyl sites for hydroxylation is 1. The van der Waals surface area contributed by atoms with Crippen LogP contribution in [-0.4, -0.2) is 11.9 Å². The van der Waals surface area contributed by atoms with Crippen LogP contribution < -0.4 is 4.74 Å². The standard InChI is InChI=1S/C14H18O2/c1-2-3-11-4-7-13(8-5-11)16-14-9-6-12(15)10-14/h4-5,7-8,14H,2-3,6,9-10H2,1H3. The van der Waals surface area contributed by atoms with E-state index in [9.17, 15) is 4.79 Å². The first kappa shape index (κ1) is 11.2. The molecule has 2 heteroatoms. The highest BCUT2D eigenvalue weighted by molar-refractivity contribution is 5.81. The van der Waals surface area contributed by atoms with E-state index in [-0.39, 0.29) is 6.10 Å². The van der Waals surface area contributed by atoms with Crippen molar-refractivity contribution in [2.24, 2.45) is 0 Å². The van der Waals surface area contributed by atoms with E-state index in [4.69, 9.17) is 4.74 Å². The van der Waals surface area contributed by atoms with Gasteiger partial charge in [0.25, 0.3) is 0 Å². The molecule has 86 valence electrons. The van der Waals surface area contributed by atoms with E-state index in [0.717, 1.165) is 25.0 Å². The third-order valence-corrected chi connectivity index (χ3v) is 2.97. The highest BCUT2D eigenvalue weighted by Gasteiger charge is 2.23. The molecule has 0 heterocycles. The predicted molar refractivity (Wildman–Crippen MR) is 63.7 cm³/mol. The number of ketones is 1. The summed E-state index contributed by atoms with van der Waals surface area (Å²) in [6.07, 6.45) is 4.51. The van der Waals surface area contributed by atoms with Gasteiger partial charge in [0.1, 0.15) is 17.6 Å². The van der Waals surface area contributed by atoms with Crippen LogP contribution >= 0.6 is 0 Å². The van der Waals surface area contributed by atoms with Gasteiger partial charge in [0.15, 0.2) is 0 Å². The first-order valence-electron chi connectivity index (χ1n) is 6.05. The van der Waals surface area contributed by atoms with Gasteiger partial charge in [-0.2, -0.15) is 0 Å². The SMILES string of the molecule is CCCc1ccc(OC2CCC(=O)C2)cc1. The minimum atomic E-state index is 0.101. The Morgan fingerprint density at radius 3 is 2.62 bits per heavy atom. The zero-order valence-corrected chi connectivity index (χ0v) is 9.74. The quantitative estimate of drug-likeness (QED) is 0.776. The molecule has 0 radical (unpaired) electrons. The Bertz CT molecular complexity index is 354. The fourth-order valence-corrected chi connectivity index (χ4v) is 2.10. The molecule has 0 aliphatic heterocycles. The molecule has 0 spiro atoms. The average Bonchev–Trinajstić information content (AvgIpc) is 2.67. The smallest absolute Gasteiger partial charge is 0.136 e. The van der Waals surface area contributed by atoms with Crippen LogP contribution in [0, 0.1) is 0 Å². The van der Waals surface area contributed by atoms with Gasteiger partial charge in [-0.05, 0) is 30.5 Å². The zero-order valence-electron chi connectivity index (χ0n) is 9.74. The van der Waals surface area contributed by atoms with Crippen molar-refractivity contribution in [2.45, 2.75) is 45.1 Å². The minimum Gasteiger partial charge on any atom is -0.490 e. The monoisotopic (exact) mass is 218 g/mol. The van der Waals surface area contributed by atoms with Crippen molar-refractivity contribution >= 4 is 5.78 Å². The normalized spacial score (nSPS) is 20.1. The van der Waals surface area contributed by atoms with Crippen LogP contribution in [0.2, 0.25) is 0 Å². The second kappa shape index (κ2) is 5.15. The summed E-state index contributed by atoms with van der Waals surface area (Å²) in [5.74, 6) is 1.21. The van der Waals surface area contributed by atoms with Crippen LogP contribution in [0.4, 0.5) is 0 Å². The van der Waals surface area contributed by atoms with Gasteiger partial charge < -0.3 is 4.74 Å². The molecule has 2 rings (SSSR count). The number of Topliss-reactive ketones (excluding diaryl/α,β-unsaturated/α-hetero) is 1. The maximum atomic E-state index is 11.1. The van der Waals surface area contributed by atoms with Crippen LogP contribution in [0.3, 0.4) is 0 Å². The van der Waals surface area contributed by atoms with Gasteiger partial charge in [-0.1, -0.05) is 25.5 Å². The minimum absolute atomic E-state index is 0.101. The second-order valence-corrected chi connectivity index (χ2v) is 4.42. The number of carbonyl (C=O) groups excluding carboxylic acids is 1. The number of carbonyl (C=O) groups is 1. The van der Waals surface area contributed by atoms with E-state index >= 15 is 0 Å². The maximum Gasteiger partial charge on any atom is 0.136 e. The second-order valence-electron chi connectivity index (χ2n) is 4.42. The first-order chi connectivity index (χ1) is 7.78. The average molecular weight is 218 g/mol. The Hall–Kier alpha value is -1.31. The van der Waals surface area contributed by atoms with Crippen molar-refractivity contribution in [1.82, 2.24) is 0 Å². The van der Waals surface area contributed by atoms with Gasteiger partial charge in [-0.15, -0.1) is 0 Å². The number of benzene rings is 1. The third-order valence-electron chi connectivity index (χ3n) is 2.97. The van der Waals surface area contributed by atoms with Gasteiger partial charge in [0.05, 0.1) is 0 Å². The summed E-state index contributed by atoms with van der Waals surface area (Å²) >= 11 is 0. The lowest BCUT2D eigenvalue weighted by atomic mass is 10.1. The number of hydrogen-bond acceptors (Lipinski definition) is 2. The van der Waals surface area contributed by atoms with E-state index in [2.05, 4.69) is 19.1 Å². The van der Waals surface area contributed by atoms with Crippen LogP contribution in [0.15, 0.2) is 24.3 Å². The van der Waals surface area contributed by atoms with Crippen molar-refractivity contribution in [3.8, 4) is 5.75 Å². The van der Waals surface area contributed by atoms with Crippen LogP contribution in [0.25, 0.3) is 0 Å². The van der Waals surface area contributed by atoms with Gasteiger partial charge in [0.2, 0.25) is 0 Å². The summed E-state index contributed by atoms with van der Waals surface area (Å²) in [4.78, 5) is 11.1. The van der Waals surface area contributed by atoms with Crippen LogP contribution in [-0.2, 0) is 11.2 Å². The lowest BCUT2D eigenvalue weighted by Gasteiger charge is -2.12. The highest BCUT2D eigenvalue weighted by atomic mass is 16.5. The number of rotatable bonds is 4. The Morgan fingerprint density at radius 1 is 1.31 bits per heavy atom. The molecule has 2 nitrogen and oxygen atoms in total. The zero-order chi connectivity index (χ0) is 11.4.